The van der Waals surface area contributed by atoms with E-state index in [9.17, 15) is 18.0 Å². The maximum atomic E-state index is 12.9. The van der Waals surface area contributed by atoms with Gasteiger partial charge in [-0.1, -0.05) is 37.3 Å². The number of nitrogens with zero attached hydrogens (tertiary/aromatic N) is 2. The van der Waals surface area contributed by atoms with Crippen molar-refractivity contribution in [1.29, 1.82) is 0 Å². The van der Waals surface area contributed by atoms with Crippen LogP contribution in [0.4, 0.5) is 5.69 Å². The minimum Gasteiger partial charge on any atom is -0.340 e. The van der Waals surface area contributed by atoms with Gasteiger partial charge in [-0.15, -0.1) is 11.8 Å². The number of rotatable bonds is 7. The minimum absolute atomic E-state index is 0.0445. The summed E-state index contributed by atoms with van der Waals surface area (Å²) in [7, 11) is -3.63. The lowest BCUT2D eigenvalue weighted by Gasteiger charge is -2.34. The first kappa shape index (κ1) is 23.8. The van der Waals surface area contributed by atoms with Crippen LogP contribution >= 0.6 is 11.8 Å². The van der Waals surface area contributed by atoms with E-state index in [-0.39, 0.29) is 34.1 Å². The topological polar surface area (TPSA) is 86.8 Å². The smallest absolute Gasteiger partial charge is 0.237 e. The molecule has 1 atom stereocenters. The zero-order valence-electron chi connectivity index (χ0n) is 18.7. The SMILES string of the molecule is CCC1Sc2ccc(S(=O)(=O)CCC(=O)N3CCN(Cc4ccccc4)CC3)cc2NC1=O. The molecule has 0 aliphatic carbocycles. The summed E-state index contributed by atoms with van der Waals surface area (Å²) in [5.41, 5.74) is 1.77. The molecule has 176 valence electrons. The first-order valence-corrected chi connectivity index (χ1v) is 13.8. The van der Waals surface area contributed by atoms with Gasteiger partial charge in [0.05, 0.1) is 21.6 Å². The number of amides is 2. The molecule has 2 aromatic rings. The van der Waals surface area contributed by atoms with Gasteiger partial charge in [0.15, 0.2) is 9.84 Å². The zero-order chi connectivity index (χ0) is 23.4. The number of piperazine rings is 1. The van der Waals surface area contributed by atoms with Crippen molar-refractivity contribution >= 4 is 39.1 Å². The number of hydrogen-bond donors (Lipinski definition) is 1. The molecule has 0 radical (unpaired) electrons. The summed E-state index contributed by atoms with van der Waals surface area (Å²) in [6.45, 7) is 5.55. The molecule has 0 saturated carbocycles. The van der Waals surface area contributed by atoms with Crippen molar-refractivity contribution in [2.45, 2.75) is 41.4 Å². The lowest BCUT2D eigenvalue weighted by molar-refractivity contribution is -0.132. The van der Waals surface area contributed by atoms with Crippen LogP contribution in [0.1, 0.15) is 25.3 Å². The van der Waals surface area contributed by atoms with Crippen molar-refractivity contribution in [2.75, 3.05) is 37.2 Å². The summed E-state index contributed by atoms with van der Waals surface area (Å²) >= 11 is 1.45. The van der Waals surface area contributed by atoms with E-state index in [2.05, 4.69) is 22.3 Å². The van der Waals surface area contributed by atoms with Crippen molar-refractivity contribution < 1.29 is 18.0 Å². The molecule has 1 unspecified atom stereocenters. The number of benzene rings is 2. The second kappa shape index (κ2) is 10.3. The van der Waals surface area contributed by atoms with Crippen LogP contribution in [0.3, 0.4) is 0 Å². The van der Waals surface area contributed by atoms with Gasteiger partial charge in [-0.3, -0.25) is 14.5 Å². The van der Waals surface area contributed by atoms with Crippen LogP contribution < -0.4 is 5.32 Å². The number of carbonyl (C=O) groups excluding carboxylic acids is 2. The average molecular weight is 488 g/mol. The zero-order valence-corrected chi connectivity index (χ0v) is 20.3. The van der Waals surface area contributed by atoms with Crippen molar-refractivity contribution in [3.05, 3.63) is 54.1 Å². The summed E-state index contributed by atoms with van der Waals surface area (Å²) in [5, 5.41) is 2.65. The van der Waals surface area contributed by atoms with Crippen LogP contribution in [0.2, 0.25) is 0 Å². The molecule has 2 heterocycles. The Balaban J connectivity index is 1.30. The average Bonchev–Trinajstić information content (AvgIpc) is 2.83. The summed E-state index contributed by atoms with van der Waals surface area (Å²) in [6.07, 6.45) is 0.662. The third-order valence-corrected chi connectivity index (χ3v) is 9.21. The molecule has 2 aliphatic rings. The second-order valence-corrected chi connectivity index (χ2v) is 11.7. The quantitative estimate of drug-likeness (QED) is 0.646. The number of fused-ring (bicyclic) bond motifs is 1. The maximum Gasteiger partial charge on any atom is 0.237 e. The standard InChI is InChI=1S/C24H29N3O4S2/c1-2-21-24(29)25-20-16-19(8-9-22(20)32-21)33(30,31)15-10-23(28)27-13-11-26(12-14-27)17-18-6-4-3-5-7-18/h3-9,16,21H,2,10-15,17H2,1H3,(H,25,29). The largest absolute Gasteiger partial charge is 0.340 e. The first-order valence-electron chi connectivity index (χ1n) is 11.2. The Morgan fingerprint density at radius 2 is 1.82 bits per heavy atom. The molecule has 1 N–H and O–H groups in total. The normalized spacial score (nSPS) is 19.1. The Kier molecular flexibility index (Phi) is 7.41. The van der Waals surface area contributed by atoms with E-state index in [4.69, 9.17) is 0 Å². The first-order chi connectivity index (χ1) is 15.9. The maximum absolute atomic E-state index is 12.9. The minimum atomic E-state index is -3.63. The van der Waals surface area contributed by atoms with Gasteiger partial charge < -0.3 is 10.2 Å². The van der Waals surface area contributed by atoms with Gasteiger partial charge in [-0.25, -0.2) is 8.42 Å². The van der Waals surface area contributed by atoms with Gasteiger partial charge in [-0.05, 0) is 30.2 Å². The van der Waals surface area contributed by atoms with Crippen molar-refractivity contribution in [3.63, 3.8) is 0 Å². The summed E-state index contributed by atoms with van der Waals surface area (Å²) in [4.78, 5) is 29.9. The fraction of sp³-hybridized carbons (Fsp3) is 0.417. The van der Waals surface area contributed by atoms with E-state index < -0.39 is 9.84 Å². The van der Waals surface area contributed by atoms with E-state index in [1.807, 2.05) is 25.1 Å². The lowest BCUT2D eigenvalue weighted by atomic mass is 10.2. The number of carbonyl (C=O) groups is 2. The monoisotopic (exact) mass is 487 g/mol. The molecule has 0 aromatic heterocycles. The highest BCUT2D eigenvalue weighted by Gasteiger charge is 2.28. The molecule has 0 spiro atoms. The van der Waals surface area contributed by atoms with E-state index in [0.717, 1.165) is 24.5 Å². The van der Waals surface area contributed by atoms with E-state index >= 15 is 0 Å². The number of sulfone groups is 1. The Labute approximate surface area is 199 Å². The molecule has 1 saturated heterocycles. The Morgan fingerprint density at radius 1 is 1.09 bits per heavy atom. The third-order valence-electron chi connectivity index (χ3n) is 6.06. The molecule has 2 aromatic carbocycles. The van der Waals surface area contributed by atoms with Gasteiger partial charge in [-0.2, -0.15) is 0 Å². The molecule has 7 nitrogen and oxygen atoms in total. The van der Waals surface area contributed by atoms with Crippen LogP contribution in [0, 0.1) is 0 Å². The summed E-state index contributed by atoms with van der Waals surface area (Å²) in [5.74, 6) is -0.482. The summed E-state index contributed by atoms with van der Waals surface area (Å²) < 4.78 is 25.7. The van der Waals surface area contributed by atoms with Crippen molar-refractivity contribution in [1.82, 2.24) is 9.80 Å². The van der Waals surface area contributed by atoms with E-state index in [1.54, 1.807) is 17.0 Å². The molecule has 33 heavy (non-hydrogen) atoms. The Morgan fingerprint density at radius 3 is 2.52 bits per heavy atom. The number of anilines is 1. The highest BCUT2D eigenvalue weighted by Crippen LogP contribution is 2.38. The van der Waals surface area contributed by atoms with Gasteiger partial charge in [0.25, 0.3) is 0 Å². The number of nitrogens with one attached hydrogen (secondary N) is 1. The van der Waals surface area contributed by atoms with Crippen LogP contribution in [-0.2, 0) is 26.0 Å². The van der Waals surface area contributed by atoms with Gasteiger partial charge in [0.1, 0.15) is 0 Å². The van der Waals surface area contributed by atoms with Gasteiger partial charge in [0.2, 0.25) is 11.8 Å². The van der Waals surface area contributed by atoms with Gasteiger partial charge in [0, 0.05) is 44.0 Å². The molecule has 0 bridgehead atoms. The van der Waals surface area contributed by atoms with Crippen LogP contribution in [0.25, 0.3) is 0 Å². The highest BCUT2D eigenvalue weighted by atomic mass is 32.2. The van der Waals surface area contributed by atoms with Crippen LogP contribution in [-0.4, -0.2) is 67.2 Å². The molecule has 2 aliphatic heterocycles. The molecule has 2 amide bonds. The predicted octanol–water partition coefficient (Wildman–Crippen LogP) is 3.02. The fourth-order valence-corrected chi connectivity index (χ4v) is 6.36. The molecule has 1 fully saturated rings. The fourth-order valence-electron chi connectivity index (χ4n) is 4.09. The third kappa shape index (κ3) is 5.77. The molecular weight excluding hydrogens is 458 g/mol. The predicted molar refractivity (Wildman–Crippen MR) is 130 cm³/mol. The van der Waals surface area contributed by atoms with Crippen molar-refractivity contribution in [2.24, 2.45) is 0 Å². The van der Waals surface area contributed by atoms with E-state index in [1.165, 1.54) is 23.4 Å². The van der Waals surface area contributed by atoms with Crippen LogP contribution in [0.5, 0.6) is 0 Å². The van der Waals surface area contributed by atoms with E-state index in [0.29, 0.717) is 25.2 Å². The van der Waals surface area contributed by atoms with Crippen LogP contribution in [0.15, 0.2) is 58.3 Å². The van der Waals surface area contributed by atoms with Gasteiger partial charge >= 0.3 is 0 Å². The molecule has 4 rings (SSSR count). The Hall–Kier alpha value is -2.36. The number of thioether (sulfide) groups is 1. The molecule has 9 heteroatoms. The Bertz CT molecular complexity index is 1110. The lowest BCUT2D eigenvalue weighted by Crippen LogP contribution is -2.48. The van der Waals surface area contributed by atoms with Crippen molar-refractivity contribution in [3.8, 4) is 0 Å². The highest BCUT2D eigenvalue weighted by molar-refractivity contribution is 8.01. The second-order valence-electron chi connectivity index (χ2n) is 8.37. The molecular formula is C24H29N3O4S2. The number of hydrogen-bond acceptors (Lipinski definition) is 6. The summed E-state index contributed by atoms with van der Waals surface area (Å²) in [6, 6.07) is 15.0.